The molecule has 1 aliphatic rings. The maximum absolute atomic E-state index is 3.57. The highest BCUT2D eigenvalue weighted by molar-refractivity contribution is 4.84. The van der Waals surface area contributed by atoms with Crippen molar-refractivity contribution in [3.8, 4) is 0 Å². The average Bonchev–Trinajstić information content (AvgIpc) is 2.04. The third kappa shape index (κ3) is 2.96. The van der Waals surface area contributed by atoms with Gasteiger partial charge in [-0.05, 0) is 26.7 Å². The molecule has 1 N–H and O–H groups in total. The lowest BCUT2D eigenvalue weighted by atomic mass is 10.1. The number of hydrogen-bond donors (Lipinski definition) is 1. The molecule has 2 unspecified atom stereocenters. The molecule has 2 atom stereocenters. The van der Waals surface area contributed by atoms with Crippen LogP contribution < -0.4 is 5.32 Å². The Morgan fingerprint density at radius 2 is 1.62 bits per heavy atom. The summed E-state index contributed by atoms with van der Waals surface area (Å²) < 4.78 is 0. The minimum absolute atomic E-state index is 0.657. The van der Waals surface area contributed by atoms with Gasteiger partial charge in [0.1, 0.15) is 0 Å². The highest BCUT2D eigenvalue weighted by Gasteiger charge is 2.24. The van der Waals surface area contributed by atoms with Crippen molar-refractivity contribution in [2.75, 3.05) is 13.1 Å². The van der Waals surface area contributed by atoms with Crippen molar-refractivity contribution in [3.05, 3.63) is 0 Å². The van der Waals surface area contributed by atoms with Crippen molar-refractivity contribution < 1.29 is 0 Å². The quantitative estimate of drug-likeness (QED) is 0.720. The van der Waals surface area contributed by atoms with E-state index in [0.29, 0.717) is 12.1 Å². The molecule has 13 heavy (non-hydrogen) atoms. The second kappa shape index (κ2) is 4.97. The van der Waals surface area contributed by atoms with E-state index in [2.05, 4.69) is 37.9 Å². The Balaban J connectivity index is 2.48. The predicted octanol–water partition coefficient (Wildman–Crippen LogP) is 1.86. The van der Waals surface area contributed by atoms with E-state index in [1.165, 1.54) is 25.9 Å². The largest absolute Gasteiger partial charge is 0.309 e. The molecule has 1 aliphatic heterocycles. The van der Waals surface area contributed by atoms with Gasteiger partial charge >= 0.3 is 0 Å². The van der Waals surface area contributed by atoms with Crippen LogP contribution in [0.1, 0.15) is 40.5 Å². The van der Waals surface area contributed by atoms with Crippen LogP contribution in [0.15, 0.2) is 0 Å². The Morgan fingerprint density at radius 3 is 2.00 bits per heavy atom. The molecule has 0 spiro atoms. The summed E-state index contributed by atoms with van der Waals surface area (Å²) in [4.78, 5) is 2.64. The first-order valence-corrected chi connectivity index (χ1v) is 5.67. The smallest absolute Gasteiger partial charge is 0.0169 e. The fourth-order valence-electron chi connectivity index (χ4n) is 2.47. The van der Waals surface area contributed by atoms with Crippen LogP contribution in [0, 0.1) is 0 Å². The Bertz CT molecular complexity index is 133. The Hall–Kier alpha value is -0.0800. The normalized spacial score (nSPS) is 31.2. The molecule has 1 saturated heterocycles. The summed E-state index contributed by atoms with van der Waals surface area (Å²) >= 11 is 0. The van der Waals surface area contributed by atoms with Crippen LogP contribution in [0.25, 0.3) is 0 Å². The van der Waals surface area contributed by atoms with Gasteiger partial charge in [-0.25, -0.2) is 0 Å². The van der Waals surface area contributed by atoms with Gasteiger partial charge in [0.15, 0.2) is 0 Å². The minimum Gasteiger partial charge on any atom is -0.309 e. The van der Waals surface area contributed by atoms with Gasteiger partial charge in [0.05, 0.1) is 0 Å². The lowest BCUT2D eigenvalue weighted by molar-refractivity contribution is 0.117. The monoisotopic (exact) mass is 184 g/mol. The Kier molecular flexibility index (Phi) is 4.20. The number of hydrogen-bond acceptors (Lipinski definition) is 2. The molecule has 1 heterocycles. The van der Waals surface area contributed by atoms with E-state index in [9.17, 15) is 0 Å². The van der Waals surface area contributed by atoms with Gasteiger partial charge in [-0.3, -0.25) is 4.90 Å². The van der Waals surface area contributed by atoms with Crippen LogP contribution in [0.5, 0.6) is 0 Å². The molecule has 0 aromatic rings. The lowest BCUT2D eigenvalue weighted by Gasteiger charge is -2.40. The van der Waals surface area contributed by atoms with Crippen molar-refractivity contribution in [1.82, 2.24) is 10.2 Å². The molecule has 1 rings (SSSR count). The van der Waals surface area contributed by atoms with Crippen molar-refractivity contribution in [2.24, 2.45) is 0 Å². The van der Waals surface area contributed by atoms with Crippen molar-refractivity contribution in [1.29, 1.82) is 0 Å². The maximum Gasteiger partial charge on any atom is 0.0169 e. The van der Waals surface area contributed by atoms with Gasteiger partial charge in [0, 0.05) is 31.2 Å². The molecular formula is C11H24N2. The lowest BCUT2D eigenvalue weighted by Crippen LogP contribution is -2.56. The van der Waals surface area contributed by atoms with Crippen LogP contribution in [-0.4, -0.2) is 36.1 Å². The number of nitrogens with zero attached hydrogens (tertiary/aromatic N) is 1. The standard InChI is InChI=1S/C11H24N2/c1-5-11(6-2)13-7-9(3)12-10(4)8-13/h9-12H,5-8H2,1-4H3. The molecule has 0 saturated carbocycles. The SMILES string of the molecule is CCC(CC)N1CC(C)NC(C)C1. The number of nitrogens with one attached hydrogen (secondary N) is 1. The first-order valence-electron chi connectivity index (χ1n) is 5.67. The van der Waals surface area contributed by atoms with Crippen LogP contribution in [0.4, 0.5) is 0 Å². The van der Waals surface area contributed by atoms with Crippen LogP contribution in [0.2, 0.25) is 0 Å². The van der Waals surface area contributed by atoms with Gasteiger partial charge in [0.25, 0.3) is 0 Å². The van der Waals surface area contributed by atoms with Crippen molar-refractivity contribution >= 4 is 0 Å². The highest BCUT2D eigenvalue weighted by Crippen LogP contribution is 2.13. The average molecular weight is 184 g/mol. The Labute approximate surface area is 82.7 Å². The van der Waals surface area contributed by atoms with Gasteiger partial charge in [0.2, 0.25) is 0 Å². The first-order chi connectivity index (χ1) is 6.17. The number of rotatable bonds is 3. The predicted molar refractivity (Wildman–Crippen MR) is 58.0 cm³/mol. The van der Waals surface area contributed by atoms with Gasteiger partial charge in [-0.2, -0.15) is 0 Å². The molecule has 0 aromatic heterocycles. The molecule has 2 nitrogen and oxygen atoms in total. The second-order valence-electron chi connectivity index (χ2n) is 4.39. The molecule has 78 valence electrons. The summed E-state index contributed by atoms with van der Waals surface area (Å²) in [5, 5.41) is 3.57. The summed E-state index contributed by atoms with van der Waals surface area (Å²) in [5.41, 5.74) is 0. The summed E-state index contributed by atoms with van der Waals surface area (Å²) in [6, 6.07) is 2.11. The van der Waals surface area contributed by atoms with Gasteiger partial charge < -0.3 is 5.32 Å². The molecule has 0 aliphatic carbocycles. The zero-order valence-electron chi connectivity index (χ0n) is 9.51. The molecule has 0 bridgehead atoms. The number of piperazine rings is 1. The topological polar surface area (TPSA) is 15.3 Å². The molecule has 1 fully saturated rings. The van der Waals surface area contributed by atoms with E-state index in [1.807, 2.05) is 0 Å². The van der Waals surface area contributed by atoms with Crippen LogP contribution >= 0.6 is 0 Å². The van der Waals surface area contributed by atoms with E-state index >= 15 is 0 Å². The van der Waals surface area contributed by atoms with E-state index in [-0.39, 0.29) is 0 Å². The zero-order valence-corrected chi connectivity index (χ0v) is 9.51. The molecule has 0 aromatic carbocycles. The second-order valence-corrected chi connectivity index (χ2v) is 4.39. The minimum atomic E-state index is 0.657. The van der Waals surface area contributed by atoms with E-state index in [1.54, 1.807) is 0 Å². The molecule has 2 heteroatoms. The van der Waals surface area contributed by atoms with E-state index in [0.717, 1.165) is 6.04 Å². The third-order valence-corrected chi connectivity index (χ3v) is 3.04. The third-order valence-electron chi connectivity index (χ3n) is 3.04. The highest BCUT2D eigenvalue weighted by atomic mass is 15.2. The molecule has 0 amide bonds. The van der Waals surface area contributed by atoms with E-state index < -0.39 is 0 Å². The van der Waals surface area contributed by atoms with Crippen LogP contribution in [-0.2, 0) is 0 Å². The zero-order chi connectivity index (χ0) is 9.84. The van der Waals surface area contributed by atoms with Crippen molar-refractivity contribution in [3.63, 3.8) is 0 Å². The first kappa shape index (κ1) is 11.0. The fraction of sp³-hybridized carbons (Fsp3) is 1.00. The summed E-state index contributed by atoms with van der Waals surface area (Å²) in [6.07, 6.45) is 2.58. The fourth-order valence-corrected chi connectivity index (χ4v) is 2.47. The van der Waals surface area contributed by atoms with Crippen molar-refractivity contribution in [2.45, 2.75) is 58.7 Å². The van der Waals surface area contributed by atoms with Gasteiger partial charge in [-0.15, -0.1) is 0 Å². The summed E-state index contributed by atoms with van der Waals surface area (Å²) in [5.74, 6) is 0. The summed E-state index contributed by atoms with van der Waals surface area (Å²) in [7, 11) is 0. The van der Waals surface area contributed by atoms with Gasteiger partial charge in [-0.1, -0.05) is 13.8 Å². The summed E-state index contributed by atoms with van der Waals surface area (Å²) in [6.45, 7) is 11.6. The van der Waals surface area contributed by atoms with Crippen LogP contribution in [0.3, 0.4) is 0 Å². The van der Waals surface area contributed by atoms with E-state index in [4.69, 9.17) is 0 Å². The molecule has 0 radical (unpaired) electrons. The molecular weight excluding hydrogens is 160 g/mol. The maximum atomic E-state index is 3.57. The Morgan fingerprint density at radius 1 is 1.15 bits per heavy atom.